The third-order valence-corrected chi connectivity index (χ3v) is 5.20. The molecule has 3 aromatic rings. The van der Waals surface area contributed by atoms with E-state index in [1.54, 1.807) is 4.52 Å². The van der Waals surface area contributed by atoms with Crippen LogP contribution in [0.4, 0.5) is 0 Å². The van der Waals surface area contributed by atoms with Gasteiger partial charge in [0.1, 0.15) is 12.0 Å². The summed E-state index contributed by atoms with van der Waals surface area (Å²) in [7, 11) is 0. The van der Waals surface area contributed by atoms with Gasteiger partial charge in [-0.05, 0) is 43.2 Å². The first-order valence-corrected chi connectivity index (χ1v) is 9.50. The molecule has 0 radical (unpaired) electrons. The van der Waals surface area contributed by atoms with Crippen molar-refractivity contribution in [1.82, 2.24) is 34.3 Å². The van der Waals surface area contributed by atoms with Crippen LogP contribution in [-0.2, 0) is 6.54 Å². The fourth-order valence-electron chi connectivity index (χ4n) is 3.67. The number of amides is 1. The zero-order chi connectivity index (χ0) is 19.0. The maximum Gasteiger partial charge on any atom is 0.272 e. The van der Waals surface area contributed by atoms with Gasteiger partial charge in [0.25, 0.3) is 11.7 Å². The Morgan fingerprint density at radius 1 is 1.26 bits per heavy atom. The summed E-state index contributed by atoms with van der Waals surface area (Å²) < 4.78 is 3.72. The fraction of sp³-hybridized carbons (Fsp3) is 0.526. The quantitative estimate of drug-likeness (QED) is 0.707. The number of piperidine rings is 1. The van der Waals surface area contributed by atoms with E-state index in [2.05, 4.69) is 47.1 Å². The van der Waals surface area contributed by atoms with Crippen LogP contribution in [0.2, 0.25) is 0 Å². The van der Waals surface area contributed by atoms with Crippen molar-refractivity contribution in [2.75, 3.05) is 13.1 Å². The number of rotatable bonds is 4. The molecule has 8 heteroatoms. The second kappa shape index (κ2) is 7.09. The highest BCUT2D eigenvalue weighted by molar-refractivity contribution is 5.92. The molecule has 0 N–H and O–H groups in total. The van der Waals surface area contributed by atoms with Crippen molar-refractivity contribution in [3.63, 3.8) is 0 Å². The molecule has 0 atom stereocenters. The summed E-state index contributed by atoms with van der Waals surface area (Å²) >= 11 is 0. The van der Waals surface area contributed by atoms with Gasteiger partial charge in [0.05, 0.1) is 11.9 Å². The molecule has 4 rings (SSSR count). The molecule has 0 spiro atoms. The van der Waals surface area contributed by atoms with Crippen molar-refractivity contribution in [2.24, 2.45) is 5.92 Å². The molecular formula is C19H25N7O. The Balaban J connectivity index is 1.45. The average Bonchev–Trinajstić information content (AvgIpc) is 3.29. The van der Waals surface area contributed by atoms with Gasteiger partial charge < -0.3 is 4.90 Å². The lowest BCUT2D eigenvalue weighted by Crippen LogP contribution is -2.39. The SMILES string of the molecule is Cc1cnn(CC2CCN(C(=O)c3cc(C(C)C)n4ncnc4n3)CC2)c1. The molecule has 0 saturated carbocycles. The predicted octanol–water partition coefficient (Wildman–Crippen LogP) is 2.31. The summed E-state index contributed by atoms with van der Waals surface area (Å²) in [6, 6.07) is 1.85. The maximum absolute atomic E-state index is 13.0. The van der Waals surface area contributed by atoms with Gasteiger partial charge in [-0.2, -0.15) is 15.2 Å². The lowest BCUT2D eigenvalue weighted by Gasteiger charge is -2.31. The number of carbonyl (C=O) groups excluding carboxylic acids is 1. The van der Waals surface area contributed by atoms with Crippen LogP contribution < -0.4 is 0 Å². The maximum atomic E-state index is 13.0. The Labute approximate surface area is 158 Å². The highest BCUT2D eigenvalue weighted by Crippen LogP contribution is 2.22. The third-order valence-electron chi connectivity index (χ3n) is 5.20. The zero-order valence-electron chi connectivity index (χ0n) is 16.0. The van der Waals surface area contributed by atoms with Crippen LogP contribution in [-0.4, -0.2) is 53.3 Å². The standard InChI is InChI=1S/C19H25N7O/c1-13(2)17-8-16(23-19-20-12-22-26(17)19)18(27)24-6-4-15(5-7-24)11-25-10-14(3)9-21-25/h8-10,12-13,15H,4-7,11H2,1-3H3. The number of aryl methyl sites for hydroxylation is 1. The summed E-state index contributed by atoms with van der Waals surface area (Å²) in [6.07, 6.45) is 7.40. The van der Waals surface area contributed by atoms with Crippen LogP contribution in [0.5, 0.6) is 0 Å². The van der Waals surface area contributed by atoms with Gasteiger partial charge in [0.15, 0.2) is 0 Å². The smallest absolute Gasteiger partial charge is 0.272 e. The number of nitrogens with zero attached hydrogens (tertiary/aromatic N) is 7. The van der Waals surface area contributed by atoms with Crippen LogP contribution in [0.3, 0.4) is 0 Å². The molecule has 142 valence electrons. The first kappa shape index (κ1) is 17.6. The van der Waals surface area contributed by atoms with Crippen LogP contribution in [0, 0.1) is 12.8 Å². The molecule has 0 bridgehead atoms. The lowest BCUT2D eigenvalue weighted by atomic mass is 9.96. The normalized spacial score (nSPS) is 15.8. The summed E-state index contributed by atoms with van der Waals surface area (Å²) in [5.41, 5.74) is 2.59. The summed E-state index contributed by atoms with van der Waals surface area (Å²) in [4.78, 5) is 23.5. The molecule has 1 amide bonds. The monoisotopic (exact) mass is 367 g/mol. The molecule has 27 heavy (non-hydrogen) atoms. The minimum atomic E-state index is -0.0178. The summed E-state index contributed by atoms with van der Waals surface area (Å²) in [6.45, 7) is 8.62. The predicted molar refractivity (Wildman–Crippen MR) is 100 cm³/mol. The van der Waals surface area contributed by atoms with Gasteiger partial charge in [-0.15, -0.1) is 0 Å². The molecule has 1 fully saturated rings. The van der Waals surface area contributed by atoms with E-state index in [-0.39, 0.29) is 11.8 Å². The van der Waals surface area contributed by atoms with Gasteiger partial charge in [-0.25, -0.2) is 9.50 Å². The van der Waals surface area contributed by atoms with Crippen LogP contribution >= 0.6 is 0 Å². The van der Waals surface area contributed by atoms with Gasteiger partial charge >= 0.3 is 0 Å². The number of hydrogen-bond acceptors (Lipinski definition) is 5. The fourth-order valence-corrected chi connectivity index (χ4v) is 3.67. The van der Waals surface area contributed by atoms with E-state index in [0.29, 0.717) is 17.4 Å². The number of carbonyl (C=O) groups is 1. The van der Waals surface area contributed by atoms with E-state index >= 15 is 0 Å². The van der Waals surface area contributed by atoms with E-state index in [1.807, 2.05) is 21.8 Å². The van der Waals surface area contributed by atoms with Crippen molar-refractivity contribution < 1.29 is 4.79 Å². The van der Waals surface area contributed by atoms with Crippen molar-refractivity contribution in [3.05, 3.63) is 41.7 Å². The Kier molecular flexibility index (Phi) is 4.63. The topological polar surface area (TPSA) is 81.2 Å². The average molecular weight is 367 g/mol. The zero-order valence-corrected chi connectivity index (χ0v) is 16.0. The van der Waals surface area contributed by atoms with Crippen molar-refractivity contribution in [3.8, 4) is 0 Å². The second-order valence-corrected chi connectivity index (χ2v) is 7.67. The highest BCUT2D eigenvalue weighted by atomic mass is 16.2. The minimum Gasteiger partial charge on any atom is -0.337 e. The van der Waals surface area contributed by atoms with E-state index < -0.39 is 0 Å². The Hall–Kier alpha value is -2.77. The molecule has 1 aliphatic rings. The molecule has 0 unspecified atom stereocenters. The van der Waals surface area contributed by atoms with E-state index in [1.165, 1.54) is 11.9 Å². The Morgan fingerprint density at radius 2 is 2.04 bits per heavy atom. The minimum absolute atomic E-state index is 0.0178. The molecular weight excluding hydrogens is 342 g/mol. The molecule has 0 aromatic carbocycles. The van der Waals surface area contributed by atoms with Crippen LogP contribution in [0.1, 0.15) is 54.4 Å². The summed E-state index contributed by atoms with van der Waals surface area (Å²) in [5.74, 6) is 1.24. The molecule has 4 heterocycles. The van der Waals surface area contributed by atoms with Crippen molar-refractivity contribution in [1.29, 1.82) is 0 Å². The number of likely N-dealkylation sites (tertiary alicyclic amines) is 1. The van der Waals surface area contributed by atoms with E-state index in [0.717, 1.165) is 38.2 Å². The first-order valence-electron chi connectivity index (χ1n) is 9.50. The molecule has 8 nitrogen and oxygen atoms in total. The first-order chi connectivity index (χ1) is 13.0. The van der Waals surface area contributed by atoms with Crippen molar-refractivity contribution >= 4 is 11.7 Å². The summed E-state index contributed by atoms with van der Waals surface area (Å²) in [5, 5.41) is 8.59. The van der Waals surface area contributed by atoms with Gasteiger partial charge in [0, 0.05) is 25.8 Å². The lowest BCUT2D eigenvalue weighted by molar-refractivity contribution is 0.0675. The van der Waals surface area contributed by atoms with E-state index in [9.17, 15) is 4.79 Å². The van der Waals surface area contributed by atoms with Crippen molar-refractivity contribution in [2.45, 2.75) is 46.1 Å². The number of aromatic nitrogens is 6. The molecule has 1 saturated heterocycles. The van der Waals surface area contributed by atoms with E-state index in [4.69, 9.17) is 0 Å². The second-order valence-electron chi connectivity index (χ2n) is 7.67. The van der Waals surface area contributed by atoms with Gasteiger partial charge in [-0.1, -0.05) is 13.8 Å². The molecule has 1 aliphatic heterocycles. The third kappa shape index (κ3) is 3.56. The Bertz CT molecular complexity index is 950. The van der Waals surface area contributed by atoms with Gasteiger partial charge in [-0.3, -0.25) is 9.48 Å². The molecule has 3 aromatic heterocycles. The highest BCUT2D eigenvalue weighted by Gasteiger charge is 2.26. The number of fused-ring (bicyclic) bond motifs is 1. The van der Waals surface area contributed by atoms with Crippen LogP contribution in [0.15, 0.2) is 24.8 Å². The largest absolute Gasteiger partial charge is 0.337 e. The van der Waals surface area contributed by atoms with Crippen LogP contribution in [0.25, 0.3) is 5.78 Å². The van der Waals surface area contributed by atoms with Gasteiger partial charge in [0.2, 0.25) is 0 Å². The Morgan fingerprint density at radius 3 is 2.70 bits per heavy atom. The number of hydrogen-bond donors (Lipinski definition) is 0. The molecule has 0 aliphatic carbocycles.